The summed E-state index contributed by atoms with van der Waals surface area (Å²) in [5.41, 5.74) is 0. The molecule has 2 saturated heterocycles. The van der Waals surface area contributed by atoms with Gasteiger partial charge in [-0.25, -0.2) is 0 Å². The predicted octanol–water partition coefficient (Wildman–Crippen LogP) is -1.03. The quantitative estimate of drug-likeness (QED) is 0.673. The number of hydrogen-bond acceptors (Lipinski definition) is 4. The molecule has 2 N–H and O–H groups in total. The van der Waals surface area contributed by atoms with Gasteiger partial charge in [0.15, 0.2) is 0 Å². The minimum atomic E-state index is -1.10. The van der Waals surface area contributed by atoms with Crippen molar-refractivity contribution in [2.45, 2.75) is 31.4 Å². The molecule has 2 atom stereocenters. The largest absolute Gasteiger partial charge is 0.481 e. The molecule has 2 heterocycles. The Morgan fingerprint density at radius 3 is 2.89 bits per heavy atom. The maximum absolute atomic E-state index is 12.2. The highest BCUT2D eigenvalue weighted by molar-refractivity contribution is 5.92. The molecule has 2 aliphatic rings. The molecule has 2 aliphatic heterocycles. The highest BCUT2D eigenvalue weighted by Gasteiger charge is 2.38. The standard InChI is InChI=1S/C11H16N2O5/c14-9(15)6-7-10(16)12-3-4-13(7)11(17)8-2-1-5-18-8/h7-8H,1-6H2,(H,12,16)(H,14,15)/t7?,8-/m0/s1. The van der Waals surface area contributed by atoms with E-state index in [1.165, 1.54) is 4.90 Å². The van der Waals surface area contributed by atoms with Crippen molar-refractivity contribution in [2.75, 3.05) is 19.7 Å². The number of rotatable bonds is 3. The summed E-state index contributed by atoms with van der Waals surface area (Å²) in [5, 5.41) is 11.4. The van der Waals surface area contributed by atoms with Gasteiger partial charge in [0.25, 0.3) is 5.91 Å². The van der Waals surface area contributed by atoms with Crippen LogP contribution in [-0.4, -0.2) is 59.6 Å². The number of nitrogens with zero attached hydrogens (tertiary/aromatic N) is 1. The van der Waals surface area contributed by atoms with Gasteiger partial charge in [-0.05, 0) is 12.8 Å². The van der Waals surface area contributed by atoms with Gasteiger partial charge in [0.2, 0.25) is 5.91 Å². The average Bonchev–Trinajstić information content (AvgIpc) is 2.84. The van der Waals surface area contributed by atoms with Crippen molar-refractivity contribution in [2.24, 2.45) is 0 Å². The first-order valence-corrected chi connectivity index (χ1v) is 6.01. The van der Waals surface area contributed by atoms with E-state index >= 15 is 0 Å². The van der Waals surface area contributed by atoms with Crippen LogP contribution in [-0.2, 0) is 19.1 Å². The van der Waals surface area contributed by atoms with E-state index < -0.39 is 24.0 Å². The number of aliphatic carboxylic acids is 1. The molecule has 1 unspecified atom stereocenters. The third kappa shape index (κ3) is 2.61. The van der Waals surface area contributed by atoms with Gasteiger partial charge in [0.05, 0.1) is 6.42 Å². The Bertz CT molecular complexity index is 364. The zero-order valence-corrected chi connectivity index (χ0v) is 9.92. The highest BCUT2D eigenvalue weighted by atomic mass is 16.5. The molecule has 0 aliphatic carbocycles. The lowest BCUT2D eigenvalue weighted by atomic mass is 10.1. The summed E-state index contributed by atoms with van der Waals surface area (Å²) < 4.78 is 5.29. The first kappa shape index (κ1) is 12.8. The number of carbonyl (C=O) groups excluding carboxylic acids is 2. The number of piperazine rings is 1. The van der Waals surface area contributed by atoms with Crippen LogP contribution in [0.1, 0.15) is 19.3 Å². The van der Waals surface area contributed by atoms with Crippen LogP contribution in [0.5, 0.6) is 0 Å². The molecule has 100 valence electrons. The maximum Gasteiger partial charge on any atom is 0.305 e. The minimum Gasteiger partial charge on any atom is -0.481 e. The monoisotopic (exact) mass is 256 g/mol. The summed E-state index contributed by atoms with van der Waals surface area (Å²) >= 11 is 0. The summed E-state index contributed by atoms with van der Waals surface area (Å²) in [6, 6.07) is -0.923. The number of amides is 2. The lowest BCUT2D eigenvalue weighted by Gasteiger charge is -2.35. The molecule has 7 heteroatoms. The molecule has 2 rings (SSSR count). The molecule has 18 heavy (non-hydrogen) atoms. The lowest BCUT2D eigenvalue weighted by molar-refractivity contribution is -0.153. The van der Waals surface area contributed by atoms with E-state index in [0.29, 0.717) is 26.1 Å². The van der Waals surface area contributed by atoms with Crippen molar-refractivity contribution in [1.29, 1.82) is 0 Å². The Morgan fingerprint density at radius 2 is 2.28 bits per heavy atom. The molecule has 0 spiro atoms. The van der Waals surface area contributed by atoms with Gasteiger partial charge >= 0.3 is 5.97 Å². The van der Waals surface area contributed by atoms with E-state index in [9.17, 15) is 14.4 Å². The number of carboxylic acids is 1. The van der Waals surface area contributed by atoms with Crippen LogP contribution < -0.4 is 5.32 Å². The van der Waals surface area contributed by atoms with Crippen molar-refractivity contribution in [3.63, 3.8) is 0 Å². The third-order valence-corrected chi connectivity index (χ3v) is 3.19. The maximum atomic E-state index is 12.2. The second-order valence-electron chi connectivity index (χ2n) is 4.44. The summed E-state index contributed by atoms with van der Waals surface area (Å²) in [6.45, 7) is 1.23. The summed E-state index contributed by atoms with van der Waals surface area (Å²) in [6.07, 6.45) is 0.563. The molecule has 2 fully saturated rings. The first-order valence-electron chi connectivity index (χ1n) is 6.01. The van der Waals surface area contributed by atoms with Crippen LogP contribution in [0.25, 0.3) is 0 Å². The van der Waals surface area contributed by atoms with Gasteiger partial charge in [-0.1, -0.05) is 0 Å². The first-order chi connectivity index (χ1) is 8.59. The Balaban J connectivity index is 2.09. The number of hydrogen-bond donors (Lipinski definition) is 2. The van der Waals surface area contributed by atoms with Crippen molar-refractivity contribution in [3.05, 3.63) is 0 Å². The second-order valence-corrected chi connectivity index (χ2v) is 4.44. The van der Waals surface area contributed by atoms with E-state index in [0.717, 1.165) is 6.42 Å². The molecule has 0 aromatic carbocycles. The van der Waals surface area contributed by atoms with E-state index in [1.807, 2.05) is 0 Å². The summed E-state index contributed by atoms with van der Waals surface area (Å²) in [5.74, 6) is -1.77. The van der Waals surface area contributed by atoms with Crippen molar-refractivity contribution in [3.8, 4) is 0 Å². The van der Waals surface area contributed by atoms with Gasteiger partial charge in [0.1, 0.15) is 12.1 Å². The predicted molar refractivity (Wildman–Crippen MR) is 59.7 cm³/mol. The van der Waals surface area contributed by atoms with Crippen LogP contribution in [0, 0.1) is 0 Å². The fourth-order valence-electron chi connectivity index (χ4n) is 2.30. The van der Waals surface area contributed by atoms with Crippen molar-refractivity contribution in [1.82, 2.24) is 10.2 Å². The molecule has 0 bridgehead atoms. The van der Waals surface area contributed by atoms with E-state index in [-0.39, 0.29) is 12.3 Å². The van der Waals surface area contributed by atoms with Crippen LogP contribution in [0.3, 0.4) is 0 Å². The van der Waals surface area contributed by atoms with Crippen molar-refractivity contribution < 1.29 is 24.2 Å². The van der Waals surface area contributed by atoms with Crippen molar-refractivity contribution >= 4 is 17.8 Å². The summed E-state index contributed by atoms with van der Waals surface area (Å²) in [4.78, 5) is 35.9. The second kappa shape index (κ2) is 5.34. The van der Waals surface area contributed by atoms with Crippen LogP contribution >= 0.6 is 0 Å². The zero-order chi connectivity index (χ0) is 13.1. The van der Waals surface area contributed by atoms with E-state index in [2.05, 4.69) is 5.32 Å². The van der Waals surface area contributed by atoms with E-state index in [4.69, 9.17) is 9.84 Å². The van der Waals surface area contributed by atoms with Gasteiger partial charge in [-0.2, -0.15) is 0 Å². The SMILES string of the molecule is O=C(O)CC1C(=O)NCCN1C(=O)[C@@H]1CCCO1. The Kier molecular flexibility index (Phi) is 3.81. The average molecular weight is 256 g/mol. The Labute approximate surface area is 104 Å². The molecular weight excluding hydrogens is 240 g/mol. The smallest absolute Gasteiger partial charge is 0.305 e. The highest BCUT2D eigenvalue weighted by Crippen LogP contribution is 2.18. The fourth-order valence-corrected chi connectivity index (χ4v) is 2.30. The third-order valence-electron chi connectivity index (χ3n) is 3.19. The van der Waals surface area contributed by atoms with Crippen LogP contribution in [0.4, 0.5) is 0 Å². The Hall–Kier alpha value is -1.63. The summed E-state index contributed by atoms with van der Waals surface area (Å²) in [7, 11) is 0. The Morgan fingerprint density at radius 1 is 1.50 bits per heavy atom. The number of ether oxygens (including phenoxy) is 1. The molecular formula is C11H16N2O5. The van der Waals surface area contributed by atoms with Crippen LogP contribution in [0.2, 0.25) is 0 Å². The molecule has 0 saturated carbocycles. The van der Waals surface area contributed by atoms with Gasteiger partial charge < -0.3 is 20.1 Å². The lowest BCUT2D eigenvalue weighted by Crippen LogP contribution is -2.59. The number of nitrogens with one attached hydrogen (secondary N) is 1. The molecule has 0 aromatic heterocycles. The molecule has 7 nitrogen and oxygen atoms in total. The van der Waals surface area contributed by atoms with E-state index in [1.54, 1.807) is 0 Å². The molecule has 0 radical (unpaired) electrons. The minimum absolute atomic E-state index is 0.270. The van der Waals surface area contributed by atoms with Gasteiger partial charge in [-0.3, -0.25) is 14.4 Å². The molecule has 0 aromatic rings. The van der Waals surface area contributed by atoms with Gasteiger partial charge in [-0.15, -0.1) is 0 Å². The number of carboxylic acid groups (broad SMARTS) is 1. The number of carbonyl (C=O) groups is 3. The topological polar surface area (TPSA) is 95.9 Å². The fraction of sp³-hybridized carbons (Fsp3) is 0.727. The van der Waals surface area contributed by atoms with Gasteiger partial charge in [0, 0.05) is 19.7 Å². The molecule has 2 amide bonds. The normalized spacial score (nSPS) is 28.0. The van der Waals surface area contributed by atoms with Crippen LogP contribution in [0.15, 0.2) is 0 Å². The zero-order valence-electron chi connectivity index (χ0n) is 9.92.